The molecule has 0 aliphatic heterocycles. The van der Waals surface area contributed by atoms with Crippen molar-refractivity contribution >= 4 is 17.5 Å². The van der Waals surface area contributed by atoms with Gasteiger partial charge in [-0.2, -0.15) is 0 Å². The second-order valence-corrected chi connectivity index (χ2v) is 10.8. The van der Waals surface area contributed by atoms with Gasteiger partial charge in [-0.15, -0.1) is 5.73 Å². The molecule has 3 aromatic carbocycles. The van der Waals surface area contributed by atoms with Crippen LogP contribution in [0.1, 0.15) is 54.4 Å². The number of fused-ring (bicyclic) bond motifs is 6. The molecule has 0 aromatic heterocycles. The molecule has 4 heteroatoms. The smallest absolute Gasteiger partial charge is 0.306 e. The summed E-state index contributed by atoms with van der Waals surface area (Å²) in [4.78, 5) is 25.9. The monoisotopic (exact) mass is 528 g/mol. The van der Waals surface area contributed by atoms with Gasteiger partial charge < -0.3 is 9.47 Å². The van der Waals surface area contributed by atoms with Crippen molar-refractivity contribution in [3.8, 4) is 11.1 Å². The van der Waals surface area contributed by atoms with Crippen LogP contribution in [0.25, 0.3) is 16.7 Å². The molecule has 0 fully saturated rings. The van der Waals surface area contributed by atoms with Gasteiger partial charge in [0.2, 0.25) is 0 Å². The molecule has 6 rings (SSSR count). The molecule has 0 N–H and O–H groups in total. The van der Waals surface area contributed by atoms with Gasteiger partial charge in [-0.25, -0.2) is 0 Å². The van der Waals surface area contributed by atoms with E-state index < -0.39 is 10.8 Å². The Morgan fingerprint density at radius 2 is 1.18 bits per heavy atom. The van der Waals surface area contributed by atoms with Crippen LogP contribution in [0.4, 0.5) is 0 Å². The van der Waals surface area contributed by atoms with Gasteiger partial charge in [-0.1, -0.05) is 97.4 Å². The maximum atomic E-state index is 13.0. The second-order valence-electron chi connectivity index (χ2n) is 10.8. The van der Waals surface area contributed by atoms with E-state index in [4.69, 9.17) is 9.47 Å². The van der Waals surface area contributed by atoms with Crippen LogP contribution in [-0.2, 0) is 29.9 Å². The van der Waals surface area contributed by atoms with E-state index in [9.17, 15) is 9.59 Å². The highest BCUT2D eigenvalue weighted by Gasteiger charge is 2.49. The van der Waals surface area contributed by atoms with Crippen LogP contribution in [0, 0.1) is 0 Å². The molecule has 0 radical (unpaired) electrons. The predicted molar refractivity (Wildman–Crippen MR) is 157 cm³/mol. The maximum Gasteiger partial charge on any atom is 0.306 e. The minimum atomic E-state index is -0.581. The van der Waals surface area contributed by atoms with Gasteiger partial charge >= 0.3 is 11.9 Å². The lowest BCUT2D eigenvalue weighted by Crippen LogP contribution is -2.32. The lowest BCUT2D eigenvalue weighted by molar-refractivity contribution is -0.142. The largest absolute Gasteiger partial charge is 0.469 e. The summed E-state index contributed by atoms with van der Waals surface area (Å²) in [5.74, 6) is -0.476. The molecule has 0 heterocycles. The molecule has 0 amide bonds. The highest BCUT2D eigenvalue weighted by Crippen LogP contribution is 2.57. The summed E-state index contributed by atoms with van der Waals surface area (Å²) in [5.41, 5.74) is 11.5. The Labute approximate surface area is 235 Å². The number of ether oxygens (including phenoxy) is 2. The molecule has 1 unspecified atom stereocenters. The fourth-order valence-electron chi connectivity index (χ4n) is 7.21. The average Bonchev–Trinajstić information content (AvgIpc) is 3.24. The van der Waals surface area contributed by atoms with Gasteiger partial charge in [-0.3, -0.25) is 9.59 Å². The number of hydrogen-bond acceptors (Lipinski definition) is 4. The first kappa shape index (κ1) is 25.9. The lowest BCUT2D eigenvalue weighted by atomic mass is 9.67. The molecule has 4 nitrogen and oxygen atoms in total. The number of methoxy groups -OCH3 is 2. The minimum Gasteiger partial charge on any atom is -0.469 e. The van der Waals surface area contributed by atoms with E-state index in [1.807, 2.05) is 42.5 Å². The Morgan fingerprint density at radius 1 is 0.675 bits per heavy atom. The first-order chi connectivity index (χ1) is 19.5. The molecule has 200 valence electrons. The van der Waals surface area contributed by atoms with Gasteiger partial charge in [-0.05, 0) is 57.9 Å². The molecule has 0 spiro atoms. The molecule has 3 aromatic rings. The Morgan fingerprint density at radius 3 is 1.77 bits per heavy atom. The van der Waals surface area contributed by atoms with Crippen molar-refractivity contribution < 1.29 is 19.1 Å². The van der Waals surface area contributed by atoms with Crippen LogP contribution in [0.15, 0.2) is 108 Å². The fraction of sp³-hybridized carbons (Fsp3) is 0.250. The Hall–Kier alpha value is -4.40. The van der Waals surface area contributed by atoms with E-state index >= 15 is 0 Å². The molecular formula is C36H32O4. The Balaban J connectivity index is 1.44. The number of carbonyl (C=O) groups excluding carboxylic acids is 2. The zero-order valence-electron chi connectivity index (χ0n) is 22.9. The molecule has 0 saturated heterocycles. The van der Waals surface area contributed by atoms with Crippen LogP contribution in [0.2, 0.25) is 0 Å². The van der Waals surface area contributed by atoms with Gasteiger partial charge in [0.25, 0.3) is 0 Å². The molecule has 0 saturated carbocycles. The minimum absolute atomic E-state index is 0.227. The summed E-state index contributed by atoms with van der Waals surface area (Å²) in [6.07, 6.45) is 10.7. The first-order valence-electron chi connectivity index (χ1n) is 13.8. The highest BCUT2D eigenvalue weighted by molar-refractivity contribution is 5.93. The summed E-state index contributed by atoms with van der Waals surface area (Å²) in [5, 5.41) is 0. The SMILES string of the molecule is COC(=O)CC1(CCCC2(CC(=O)OC)c3ccccc3-c3ccccc32)C2=C=CC=CC=C2c2ccccc21. The van der Waals surface area contributed by atoms with Crippen molar-refractivity contribution in [1.29, 1.82) is 0 Å². The molecule has 3 aliphatic carbocycles. The summed E-state index contributed by atoms with van der Waals surface area (Å²) in [7, 11) is 2.90. The van der Waals surface area contributed by atoms with E-state index in [0.29, 0.717) is 6.42 Å². The summed E-state index contributed by atoms with van der Waals surface area (Å²) < 4.78 is 10.5. The number of carbonyl (C=O) groups is 2. The lowest BCUT2D eigenvalue weighted by Gasteiger charge is -2.35. The topological polar surface area (TPSA) is 52.6 Å². The van der Waals surface area contributed by atoms with Crippen LogP contribution in [-0.4, -0.2) is 26.2 Å². The van der Waals surface area contributed by atoms with E-state index in [1.165, 1.54) is 25.3 Å². The van der Waals surface area contributed by atoms with Crippen LogP contribution in [0.3, 0.4) is 0 Å². The average molecular weight is 529 g/mol. The van der Waals surface area contributed by atoms with E-state index in [-0.39, 0.29) is 24.8 Å². The fourth-order valence-corrected chi connectivity index (χ4v) is 7.21. The number of hydrogen-bond donors (Lipinski definition) is 0. The van der Waals surface area contributed by atoms with Crippen molar-refractivity contribution in [3.05, 3.63) is 131 Å². The predicted octanol–water partition coefficient (Wildman–Crippen LogP) is 7.24. The number of benzene rings is 3. The number of allylic oxidation sites excluding steroid dienone is 5. The van der Waals surface area contributed by atoms with E-state index in [2.05, 4.69) is 60.3 Å². The van der Waals surface area contributed by atoms with Crippen LogP contribution < -0.4 is 0 Å². The molecule has 40 heavy (non-hydrogen) atoms. The molecular weight excluding hydrogens is 496 g/mol. The van der Waals surface area contributed by atoms with Crippen molar-refractivity contribution in [1.82, 2.24) is 0 Å². The Bertz CT molecular complexity index is 1590. The van der Waals surface area contributed by atoms with Gasteiger partial charge in [0.1, 0.15) is 0 Å². The number of rotatable bonds is 8. The van der Waals surface area contributed by atoms with Crippen LogP contribution >= 0.6 is 0 Å². The molecule has 1 atom stereocenters. The van der Waals surface area contributed by atoms with Crippen molar-refractivity contribution in [3.63, 3.8) is 0 Å². The van der Waals surface area contributed by atoms with Crippen molar-refractivity contribution in [2.75, 3.05) is 14.2 Å². The van der Waals surface area contributed by atoms with E-state index in [1.54, 1.807) is 0 Å². The molecule has 3 aliphatic rings. The van der Waals surface area contributed by atoms with Crippen LogP contribution in [0.5, 0.6) is 0 Å². The van der Waals surface area contributed by atoms with Gasteiger partial charge in [0.05, 0.1) is 27.1 Å². The first-order valence-corrected chi connectivity index (χ1v) is 13.8. The third-order valence-corrected chi connectivity index (χ3v) is 8.91. The standard InChI is InChI=1S/C36H32O4/c1-39-33(37)23-35(29-17-5-3-4-13-25(29)26-14-6-9-18-30(26)35)21-12-22-36(24-34(38)40-2)31-19-10-7-15-27(31)28-16-8-11-20-32(28)36/h3-11,13-16,18-20H,12,21-24H2,1-2H3. The van der Waals surface area contributed by atoms with Gasteiger partial charge in [0, 0.05) is 16.4 Å². The third kappa shape index (κ3) is 3.99. The Kier molecular flexibility index (Phi) is 6.65. The maximum absolute atomic E-state index is 13.0. The summed E-state index contributed by atoms with van der Waals surface area (Å²) in [6, 6.07) is 25.1. The second kappa shape index (κ2) is 10.3. The van der Waals surface area contributed by atoms with E-state index in [0.717, 1.165) is 46.2 Å². The summed E-state index contributed by atoms with van der Waals surface area (Å²) in [6.45, 7) is 0. The van der Waals surface area contributed by atoms with Crippen molar-refractivity contribution in [2.45, 2.75) is 42.9 Å². The third-order valence-electron chi connectivity index (χ3n) is 8.91. The quantitative estimate of drug-likeness (QED) is 0.229. The number of esters is 2. The summed E-state index contributed by atoms with van der Waals surface area (Å²) >= 11 is 0. The van der Waals surface area contributed by atoms with Crippen molar-refractivity contribution in [2.24, 2.45) is 0 Å². The normalized spacial score (nSPS) is 18.9. The zero-order chi connectivity index (χ0) is 27.7. The zero-order valence-corrected chi connectivity index (χ0v) is 22.9. The highest BCUT2D eigenvalue weighted by atomic mass is 16.5. The molecule has 0 bridgehead atoms. The van der Waals surface area contributed by atoms with Gasteiger partial charge in [0.15, 0.2) is 0 Å².